The van der Waals surface area contributed by atoms with Crippen molar-refractivity contribution in [3.05, 3.63) is 53.6 Å². The number of carbonyl (C=O) groups excluding carboxylic acids is 2. The fourth-order valence-electron chi connectivity index (χ4n) is 3.67. The third kappa shape index (κ3) is 5.06. The summed E-state index contributed by atoms with van der Waals surface area (Å²) in [4.78, 5) is 35.5. The number of ketones is 1. The number of hydrogen-bond donors (Lipinski definition) is 1. The molecule has 1 aliphatic carbocycles. The predicted octanol–water partition coefficient (Wildman–Crippen LogP) is 5.13. The fourth-order valence-corrected chi connectivity index (χ4v) is 3.67. The molecule has 0 spiro atoms. The van der Waals surface area contributed by atoms with Gasteiger partial charge in [0, 0.05) is 12.0 Å². The lowest BCUT2D eigenvalue weighted by Gasteiger charge is -2.20. The van der Waals surface area contributed by atoms with E-state index in [2.05, 4.69) is 0 Å². The molecular weight excluding hydrogens is 356 g/mol. The maximum Gasteiger partial charge on any atom is 0.335 e. The van der Waals surface area contributed by atoms with Gasteiger partial charge < -0.3 is 9.84 Å². The minimum Gasteiger partial charge on any atom is -0.478 e. The summed E-state index contributed by atoms with van der Waals surface area (Å²) in [6.45, 7) is 1.48. The highest BCUT2D eigenvalue weighted by Gasteiger charge is 2.19. The Kier molecular flexibility index (Phi) is 6.24. The van der Waals surface area contributed by atoms with Crippen LogP contribution >= 0.6 is 0 Å². The summed E-state index contributed by atoms with van der Waals surface area (Å²) < 4.78 is 5.48. The molecule has 0 heterocycles. The third-order valence-electron chi connectivity index (χ3n) is 5.17. The Morgan fingerprint density at radius 3 is 2.36 bits per heavy atom. The van der Waals surface area contributed by atoms with Crippen molar-refractivity contribution < 1.29 is 24.2 Å². The summed E-state index contributed by atoms with van der Waals surface area (Å²) in [6, 6.07) is 11.5. The SMILES string of the molecule is CC(=O)c1cccc(-c2cc(OC(=O)CC3CCCCC3)cc(C(=O)O)c2)c1. The van der Waals surface area contributed by atoms with E-state index in [1.807, 2.05) is 0 Å². The maximum absolute atomic E-state index is 12.3. The lowest BCUT2D eigenvalue weighted by molar-refractivity contribution is -0.135. The molecule has 0 saturated heterocycles. The van der Waals surface area contributed by atoms with Crippen LogP contribution in [0, 0.1) is 5.92 Å². The molecule has 1 saturated carbocycles. The quantitative estimate of drug-likeness (QED) is 0.427. The van der Waals surface area contributed by atoms with Gasteiger partial charge >= 0.3 is 11.9 Å². The Balaban J connectivity index is 1.85. The van der Waals surface area contributed by atoms with Crippen LogP contribution < -0.4 is 4.74 Å². The van der Waals surface area contributed by atoms with E-state index in [4.69, 9.17) is 4.74 Å². The molecule has 0 atom stereocenters. The predicted molar refractivity (Wildman–Crippen MR) is 106 cm³/mol. The van der Waals surface area contributed by atoms with Gasteiger partial charge in [0.2, 0.25) is 0 Å². The molecule has 2 aromatic carbocycles. The molecule has 1 fully saturated rings. The number of hydrogen-bond acceptors (Lipinski definition) is 4. The van der Waals surface area contributed by atoms with Crippen LogP contribution in [-0.4, -0.2) is 22.8 Å². The van der Waals surface area contributed by atoms with Gasteiger partial charge in [-0.15, -0.1) is 0 Å². The molecule has 0 radical (unpaired) electrons. The van der Waals surface area contributed by atoms with Crippen LogP contribution in [0.5, 0.6) is 5.75 Å². The topological polar surface area (TPSA) is 80.7 Å². The standard InChI is InChI=1S/C23H24O5/c1-15(24)17-8-5-9-18(11-17)19-12-20(23(26)27)14-21(13-19)28-22(25)10-16-6-3-2-4-7-16/h5,8-9,11-14,16H,2-4,6-7,10H2,1H3,(H,26,27). The Morgan fingerprint density at radius 2 is 1.68 bits per heavy atom. The van der Waals surface area contributed by atoms with Gasteiger partial charge in [0.25, 0.3) is 0 Å². The zero-order valence-electron chi connectivity index (χ0n) is 15.9. The molecule has 2 aromatic rings. The second kappa shape index (κ2) is 8.83. The van der Waals surface area contributed by atoms with Gasteiger partial charge in [-0.05, 0) is 61.1 Å². The molecule has 5 nitrogen and oxygen atoms in total. The van der Waals surface area contributed by atoms with E-state index >= 15 is 0 Å². The molecule has 3 rings (SSSR count). The lowest BCUT2D eigenvalue weighted by atomic mass is 9.87. The van der Waals surface area contributed by atoms with Gasteiger partial charge in [0.15, 0.2) is 5.78 Å². The van der Waals surface area contributed by atoms with Crippen molar-refractivity contribution in [2.75, 3.05) is 0 Å². The summed E-state index contributed by atoms with van der Waals surface area (Å²) in [5.74, 6) is -0.957. The number of Topliss-reactive ketones (excluding diaryl/α,β-unsaturated/α-hetero) is 1. The number of rotatable bonds is 6. The maximum atomic E-state index is 12.3. The van der Waals surface area contributed by atoms with Crippen molar-refractivity contribution in [3.8, 4) is 16.9 Å². The molecule has 0 amide bonds. The molecule has 1 N–H and O–H groups in total. The average Bonchev–Trinajstić information content (AvgIpc) is 2.68. The van der Waals surface area contributed by atoms with Crippen molar-refractivity contribution in [2.24, 2.45) is 5.92 Å². The highest BCUT2D eigenvalue weighted by Crippen LogP contribution is 2.29. The summed E-state index contributed by atoms with van der Waals surface area (Å²) >= 11 is 0. The summed E-state index contributed by atoms with van der Waals surface area (Å²) in [5.41, 5.74) is 1.85. The third-order valence-corrected chi connectivity index (χ3v) is 5.17. The van der Waals surface area contributed by atoms with Crippen molar-refractivity contribution in [1.82, 2.24) is 0 Å². The molecule has 146 valence electrons. The van der Waals surface area contributed by atoms with E-state index in [1.165, 1.54) is 25.5 Å². The van der Waals surface area contributed by atoms with E-state index in [0.717, 1.165) is 25.7 Å². The molecule has 0 aliphatic heterocycles. The number of esters is 1. The van der Waals surface area contributed by atoms with Crippen LogP contribution in [0.3, 0.4) is 0 Å². The second-order valence-corrected chi connectivity index (χ2v) is 7.37. The Hall–Kier alpha value is -2.95. The minimum atomic E-state index is -1.10. The normalized spacial score (nSPS) is 14.5. The summed E-state index contributed by atoms with van der Waals surface area (Å²) in [5, 5.41) is 9.42. The van der Waals surface area contributed by atoms with E-state index in [-0.39, 0.29) is 23.1 Å². The van der Waals surface area contributed by atoms with Crippen LogP contribution in [0.25, 0.3) is 11.1 Å². The average molecular weight is 380 g/mol. The highest BCUT2D eigenvalue weighted by molar-refractivity contribution is 5.96. The first-order valence-electron chi connectivity index (χ1n) is 9.63. The van der Waals surface area contributed by atoms with Crippen molar-refractivity contribution in [2.45, 2.75) is 45.4 Å². The first-order chi connectivity index (χ1) is 13.4. The Morgan fingerprint density at radius 1 is 0.964 bits per heavy atom. The van der Waals surface area contributed by atoms with Crippen LogP contribution in [0.4, 0.5) is 0 Å². The van der Waals surface area contributed by atoms with Gasteiger partial charge in [0.1, 0.15) is 5.75 Å². The number of carboxylic acids is 1. The van der Waals surface area contributed by atoms with Gasteiger partial charge in [0.05, 0.1) is 5.56 Å². The van der Waals surface area contributed by atoms with E-state index in [0.29, 0.717) is 29.0 Å². The smallest absolute Gasteiger partial charge is 0.335 e. The minimum absolute atomic E-state index is 0.0335. The molecule has 5 heteroatoms. The van der Waals surface area contributed by atoms with Crippen LogP contribution in [0.15, 0.2) is 42.5 Å². The van der Waals surface area contributed by atoms with E-state index < -0.39 is 5.97 Å². The Bertz CT molecular complexity index is 894. The highest BCUT2D eigenvalue weighted by atomic mass is 16.5. The molecule has 1 aliphatic rings. The van der Waals surface area contributed by atoms with E-state index in [9.17, 15) is 19.5 Å². The van der Waals surface area contributed by atoms with E-state index in [1.54, 1.807) is 30.3 Å². The van der Waals surface area contributed by atoms with Crippen molar-refractivity contribution in [1.29, 1.82) is 0 Å². The van der Waals surface area contributed by atoms with Crippen LogP contribution in [0.2, 0.25) is 0 Å². The first-order valence-corrected chi connectivity index (χ1v) is 9.63. The summed E-state index contributed by atoms with van der Waals surface area (Å²) in [6.07, 6.45) is 5.92. The van der Waals surface area contributed by atoms with Gasteiger partial charge in [-0.25, -0.2) is 4.79 Å². The zero-order valence-corrected chi connectivity index (χ0v) is 15.9. The lowest BCUT2D eigenvalue weighted by Crippen LogP contribution is -2.16. The van der Waals surface area contributed by atoms with Crippen molar-refractivity contribution in [3.63, 3.8) is 0 Å². The molecule has 28 heavy (non-hydrogen) atoms. The van der Waals surface area contributed by atoms with Gasteiger partial charge in [-0.1, -0.05) is 37.5 Å². The van der Waals surface area contributed by atoms with Crippen molar-refractivity contribution >= 4 is 17.7 Å². The number of aromatic carboxylic acids is 1. The first kappa shape index (κ1) is 19.8. The molecule has 0 bridgehead atoms. The monoisotopic (exact) mass is 380 g/mol. The Labute approximate surface area is 164 Å². The number of carbonyl (C=O) groups is 3. The number of benzene rings is 2. The fraction of sp³-hybridized carbons (Fsp3) is 0.348. The molecule has 0 unspecified atom stereocenters. The van der Waals surface area contributed by atoms with Gasteiger partial charge in [-0.3, -0.25) is 9.59 Å². The van der Waals surface area contributed by atoms with Crippen LogP contribution in [-0.2, 0) is 4.79 Å². The number of carboxylic acid groups (broad SMARTS) is 1. The molecular formula is C23H24O5. The number of ether oxygens (including phenoxy) is 1. The summed E-state index contributed by atoms with van der Waals surface area (Å²) in [7, 11) is 0. The zero-order chi connectivity index (χ0) is 20.1. The van der Waals surface area contributed by atoms with Gasteiger partial charge in [-0.2, -0.15) is 0 Å². The second-order valence-electron chi connectivity index (χ2n) is 7.37. The molecule has 0 aromatic heterocycles. The largest absolute Gasteiger partial charge is 0.478 e. The van der Waals surface area contributed by atoms with Crippen LogP contribution in [0.1, 0.15) is 66.2 Å².